The Morgan fingerprint density at radius 2 is 2.36 bits per heavy atom. The Morgan fingerprint density at radius 3 is 3.05 bits per heavy atom. The average Bonchev–Trinajstić information content (AvgIpc) is 3.19. The quantitative estimate of drug-likeness (QED) is 0.883. The maximum atomic E-state index is 12.5. The molecule has 6 heteroatoms. The molecule has 0 spiro atoms. The van der Waals surface area contributed by atoms with Crippen LogP contribution in [0.2, 0.25) is 0 Å². The summed E-state index contributed by atoms with van der Waals surface area (Å²) in [6.07, 6.45) is 4.31. The number of nitrogens with zero attached hydrogens (tertiary/aromatic N) is 3. The van der Waals surface area contributed by atoms with Gasteiger partial charge in [-0.3, -0.25) is 4.79 Å². The lowest BCUT2D eigenvalue weighted by Crippen LogP contribution is -2.49. The Balaban J connectivity index is 1.55. The molecule has 1 saturated carbocycles. The number of carbonyl (C=O) groups is 1. The zero-order valence-electron chi connectivity index (χ0n) is 12.9. The fourth-order valence-corrected chi connectivity index (χ4v) is 2.93. The van der Waals surface area contributed by atoms with Gasteiger partial charge in [-0.05, 0) is 31.9 Å². The molecular formula is C16H22N4O2. The fourth-order valence-electron chi connectivity index (χ4n) is 2.93. The van der Waals surface area contributed by atoms with Crippen LogP contribution < -0.4 is 0 Å². The third-order valence-electron chi connectivity index (χ3n) is 4.25. The van der Waals surface area contributed by atoms with E-state index >= 15 is 0 Å². The number of morpholine rings is 1. The van der Waals surface area contributed by atoms with E-state index in [-0.39, 0.29) is 12.0 Å². The van der Waals surface area contributed by atoms with Gasteiger partial charge in [-0.25, -0.2) is 0 Å². The molecule has 1 atom stereocenters. The van der Waals surface area contributed by atoms with Gasteiger partial charge in [0.1, 0.15) is 11.8 Å². The minimum absolute atomic E-state index is 0.0559. The number of nitrogens with one attached hydrogen (secondary N) is 1. The van der Waals surface area contributed by atoms with E-state index in [2.05, 4.69) is 16.9 Å². The van der Waals surface area contributed by atoms with Crippen molar-refractivity contribution in [1.29, 1.82) is 5.26 Å². The molecule has 0 aromatic carbocycles. The van der Waals surface area contributed by atoms with Crippen molar-refractivity contribution in [2.24, 2.45) is 5.92 Å². The first-order valence-corrected chi connectivity index (χ1v) is 7.83. The molecule has 6 nitrogen and oxygen atoms in total. The molecule has 1 saturated heterocycles. The van der Waals surface area contributed by atoms with Gasteiger partial charge in [-0.2, -0.15) is 5.26 Å². The fraction of sp³-hybridized carbons (Fsp3) is 0.625. The highest BCUT2D eigenvalue weighted by Crippen LogP contribution is 2.29. The van der Waals surface area contributed by atoms with E-state index in [0.717, 1.165) is 19.0 Å². The number of rotatable bonds is 5. The van der Waals surface area contributed by atoms with Gasteiger partial charge in [0.25, 0.3) is 5.91 Å². The first-order valence-electron chi connectivity index (χ1n) is 7.83. The summed E-state index contributed by atoms with van der Waals surface area (Å²) >= 11 is 0. The van der Waals surface area contributed by atoms with Crippen LogP contribution in [0.3, 0.4) is 0 Å². The van der Waals surface area contributed by atoms with Gasteiger partial charge < -0.3 is 19.5 Å². The predicted molar refractivity (Wildman–Crippen MR) is 81.4 cm³/mol. The van der Waals surface area contributed by atoms with Crippen molar-refractivity contribution >= 4 is 5.91 Å². The van der Waals surface area contributed by atoms with Crippen molar-refractivity contribution in [2.75, 3.05) is 39.8 Å². The molecule has 0 bridgehead atoms. The Labute approximate surface area is 130 Å². The molecule has 22 heavy (non-hydrogen) atoms. The average molecular weight is 302 g/mol. The van der Waals surface area contributed by atoms with Crippen molar-refractivity contribution in [3.63, 3.8) is 0 Å². The van der Waals surface area contributed by atoms with Crippen LogP contribution in [-0.4, -0.2) is 66.6 Å². The Bertz CT molecular complexity index is 573. The van der Waals surface area contributed by atoms with Crippen molar-refractivity contribution in [3.8, 4) is 6.07 Å². The molecule has 1 N–H and O–H groups in total. The molecule has 0 unspecified atom stereocenters. The summed E-state index contributed by atoms with van der Waals surface area (Å²) in [5.74, 6) is 0.800. The SMILES string of the molecule is CN(CC1CC1)C[C@H]1CN(C(=O)c2cc(C#N)c[nH]2)CCO1. The van der Waals surface area contributed by atoms with Gasteiger partial charge in [0, 0.05) is 32.4 Å². The summed E-state index contributed by atoms with van der Waals surface area (Å²) in [7, 11) is 2.12. The number of nitriles is 1. The zero-order valence-corrected chi connectivity index (χ0v) is 12.9. The summed E-state index contributed by atoms with van der Waals surface area (Å²) in [5.41, 5.74) is 0.959. The second-order valence-electron chi connectivity index (χ2n) is 6.32. The van der Waals surface area contributed by atoms with Gasteiger partial charge in [-0.15, -0.1) is 0 Å². The van der Waals surface area contributed by atoms with E-state index in [1.807, 2.05) is 11.0 Å². The van der Waals surface area contributed by atoms with Crippen LogP contribution in [0.1, 0.15) is 28.9 Å². The molecule has 3 rings (SSSR count). The Hall–Kier alpha value is -1.84. The topological polar surface area (TPSA) is 72.4 Å². The lowest BCUT2D eigenvalue weighted by molar-refractivity contribution is -0.0335. The van der Waals surface area contributed by atoms with Crippen LogP contribution >= 0.6 is 0 Å². The number of carbonyl (C=O) groups excluding carboxylic acids is 1. The van der Waals surface area contributed by atoms with Crippen molar-refractivity contribution in [1.82, 2.24) is 14.8 Å². The van der Waals surface area contributed by atoms with Crippen LogP contribution in [0.5, 0.6) is 0 Å². The normalized spacial score (nSPS) is 21.9. The first kappa shape index (κ1) is 15.1. The first-order chi connectivity index (χ1) is 10.7. The van der Waals surface area contributed by atoms with Crippen LogP contribution in [0, 0.1) is 17.2 Å². The Morgan fingerprint density at radius 1 is 1.55 bits per heavy atom. The lowest BCUT2D eigenvalue weighted by atomic mass is 10.2. The molecule has 1 aromatic heterocycles. The highest BCUT2D eigenvalue weighted by molar-refractivity contribution is 5.93. The molecule has 1 amide bonds. The standard InChI is InChI=1S/C16H22N4O2/c1-19(9-12-2-3-12)10-14-11-20(4-5-22-14)16(21)15-6-13(7-17)8-18-15/h6,8,12,14,18H,2-5,9-11H2,1H3/t14-/m0/s1. The Kier molecular flexibility index (Phi) is 4.46. The van der Waals surface area contributed by atoms with E-state index in [1.165, 1.54) is 12.8 Å². The molecule has 2 heterocycles. The number of H-pyrrole nitrogens is 1. The number of likely N-dealkylation sites (N-methyl/N-ethyl adjacent to an activating group) is 1. The van der Waals surface area contributed by atoms with Crippen LogP contribution in [0.15, 0.2) is 12.3 Å². The third-order valence-corrected chi connectivity index (χ3v) is 4.25. The molecule has 1 aromatic rings. The lowest BCUT2D eigenvalue weighted by Gasteiger charge is -2.34. The van der Waals surface area contributed by atoms with Crippen molar-refractivity contribution in [3.05, 3.63) is 23.5 Å². The number of amides is 1. The number of hydrogen-bond donors (Lipinski definition) is 1. The maximum absolute atomic E-state index is 12.5. The van der Waals surface area contributed by atoms with E-state index in [1.54, 1.807) is 12.3 Å². The van der Waals surface area contributed by atoms with E-state index in [0.29, 0.717) is 31.0 Å². The van der Waals surface area contributed by atoms with Gasteiger partial charge in [0.15, 0.2) is 0 Å². The molecular weight excluding hydrogens is 280 g/mol. The van der Waals surface area contributed by atoms with E-state index < -0.39 is 0 Å². The van der Waals surface area contributed by atoms with Crippen LogP contribution in [-0.2, 0) is 4.74 Å². The van der Waals surface area contributed by atoms with Crippen LogP contribution in [0.25, 0.3) is 0 Å². The molecule has 0 radical (unpaired) electrons. The number of hydrogen-bond acceptors (Lipinski definition) is 4. The second kappa shape index (κ2) is 6.51. The van der Waals surface area contributed by atoms with Gasteiger partial charge >= 0.3 is 0 Å². The molecule has 1 aliphatic carbocycles. The monoisotopic (exact) mass is 302 g/mol. The molecule has 1 aliphatic heterocycles. The summed E-state index contributed by atoms with van der Waals surface area (Å²) in [4.78, 5) is 19.5. The minimum Gasteiger partial charge on any atom is -0.373 e. The summed E-state index contributed by atoms with van der Waals surface area (Å²) in [6, 6.07) is 3.63. The van der Waals surface area contributed by atoms with Gasteiger partial charge in [0.2, 0.25) is 0 Å². The second-order valence-corrected chi connectivity index (χ2v) is 6.32. The zero-order chi connectivity index (χ0) is 15.5. The summed E-state index contributed by atoms with van der Waals surface area (Å²) in [5, 5.41) is 8.84. The molecule has 2 fully saturated rings. The summed E-state index contributed by atoms with van der Waals surface area (Å²) < 4.78 is 5.80. The number of ether oxygens (including phenoxy) is 1. The minimum atomic E-state index is -0.0559. The van der Waals surface area contributed by atoms with Crippen molar-refractivity contribution < 1.29 is 9.53 Å². The maximum Gasteiger partial charge on any atom is 0.270 e. The highest BCUT2D eigenvalue weighted by atomic mass is 16.5. The van der Waals surface area contributed by atoms with Crippen LogP contribution in [0.4, 0.5) is 0 Å². The smallest absolute Gasteiger partial charge is 0.270 e. The molecule has 118 valence electrons. The molecule has 2 aliphatic rings. The van der Waals surface area contributed by atoms with Gasteiger partial charge in [-0.1, -0.05) is 0 Å². The van der Waals surface area contributed by atoms with Gasteiger partial charge in [0.05, 0.1) is 18.3 Å². The van der Waals surface area contributed by atoms with Crippen molar-refractivity contribution in [2.45, 2.75) is 18.9 Å². The number of aromatic nitrogens is 1. The predicted octanol–water partition coefficient (Wildman–Crippen LogP) is 1.07. The highest BCUT2D eigenvalue weighted by Gasteiger charge is 2.28. The number of aromatic amines is 1. The van der Waals surface area contributed by atoms with E-state index in [9.17, 15) is 4.79 Å². The summed E-state index contributed by atoms with van der Waals surface area (Å²) in [6.45, 7) is 3.75. The van der Waals surface area contributed by atoms with E-state index in [4.69, 9.17) is 10.00 Å². The largest absolute Gasteiger partial charge is 0.373 e. The third kappa shape index (κ3) is 3.67.